The molecule has 0 saturated heterocycles. The molecule has 0 saturated carbocycles. The lowest BCUT2D eigenvalue weighted by Crippen LogP contribution is -2.38. The summed E-state index contributed by atoms with van der Waals surface area (Å²) >= 11 is 0. The highest BCUT2D eigenvalue weighted by Gasteiger charge is 2.15. The maximum atomic E-state index is 11.9. The van der Waals surface area contributed by atoms with Gasteiger partial charge in [0.25, 0.3) is 0 Å². The quantitative estimate of drug-likeness (QED) is 0.768. The largest absolute Gasteiger partial charge is 0.497 e. The number of carboxylic acid groups (broad SMARTS) is 1. The zero-order chi connectivity index (χ0) is 14.3. The molecule has 1 aromatic carbocycles. The van der Waals surface area contributed by atoms with Crippen LogP contribution in [-0.2, 0) is 4.79 Å². The van der Waals surface area contributed by atoms with Crippen LogP contribution in [0.2, 0.25) is 0 Å². The minimum Gasteiger partial charge on any atom is -0.497 e. The van der Waals surface area contributed by atoms with Gasteiger partial charge in [0.15, 0.2) is 0 Å². The van der Waals surface area contributed by atoms with Crippen molar-refractivity contribution < 1.29 is 19.4 Å². The van der Waals surface area contributed by atoms with Crippen LogP contribution in [0, 0.1) is 0 Å². The Morgan fingerprint density at radius 3 is 2.53 bits per heavy atom. The molecule has 0 radical (unpaired) electrons. The van der Waals surface area contributed by atoms with Gasteiger partial charge in [-0.25, -0.2) is 4.79 Å². The van der Waals surface area contributed by atoms with Crippen molar-refractivity contribution in [3.63, 3.8) is 0 Å². The molecule has 0 heterocycles. The summed E-state index contributed by atoms with van der Waals surface area (Å²) in [5, 5.41) is 11.3. The first-order valence-corrected chi connectivity index (χ1v) is 5.59. The summed E-state index contributed by atoms with van der Waals surface area (Å²) < 4.78 is 5.00. The number of benzene rings is 1. The van der Waals surface area contributed by atoms with E-state index in [4.69, 9.17) is 9.84 Å². The van der Waals surface area contributed by atoms with Crippen molar-refractivity contribution in [2.24, 2.45) is 0 Å². The van der Waals surface area contributed by atoms with Gasteiger partial charge in [0, 0.05) is 12.2 Å². The van der Waals surface area contributed by atoms with Gasteiger partial charge in [-0.3, -0.25) is 4.79 Å². The summed E-state index contributed by atoms with van der Waals surface area (Å²) in [4.78, 5) is 23.7. The van der Waals surface area contributed by atoms with Crippen LogP contribution in [0.25, 0.3) is 0 Å². The number of hydrogen-bond donors (Lipinski definition) is 2. The smallest absolute Gasteiger partial charge is 0.323 e. The average Bonchev–Trinajstić information content (AvgIpc) is 2.38. The molecule has 0 aliphatic heterocycles. The van der Waals surface area contributed by atoms with E-state index < -0.39 is 12.0 Å². The van der Waals surface area contributed by atoms with Gasteiger partial charge in [-0.15, -0.1) is 6.58 Å². The van der Waals surface area contributed by atoms with Crippen LogP contribution >= 0.6 is 0 Å². The van der Waals surface area contributed by atoms with Gasteiger partial charge in [0.2, 0.25) is 0 Å². The van der Waals surface area contributed by atoms with Crippen LogP contribution in [-0.4, -0.2) is 42.2 Å². The molecule has 0 bridgehead atoms. The number of carbonyl (C=O) groups is 2. The van der Waals surface area contributed by atoms with Crippen molar-refractivity contribution in [3.05, 3.63) is 36.9 Å². The molecule has 102 valence electrons. The summed E-state index contributed by atoms with van der Waals surface area (Å²) in [7, 11) is 1.55. The maximum absolute atomic E-state index is 11.9. The number of anilines is 1. The molecule has 0 aliphatic carbocycles. The highest BCUT2D eigenvalue weighted by atomic mass is 16.5. The van der Waals surface area contributed by atoms with E-state index >= 15 is 0 Å². The van der Waals surface area contributed by atoms with Crippen LogP contribution in [0.5, 0.6) is 5.75 Å². The minimum atomic E-state index is -1.08. The molecule has 6 nitrogen and oxygen atoms in total. The Kier molecular flexibility index (Phi) is 5.40. The number of carbonyl (C=O) groups excluding carboxylic acids is 1. The van der Waals surface area contributed by atoms with E-state index in [1.807, 2.05) is 0 Å². The number of rotatable bonds is 6. The van der Waals surface area contributed by atoms with E-state index in [-0.39, 0.29) is 13.1 Å². The topological polar surface area (TPSA) is 78.9 Å². The Hall–Kier alpha value is -2.50. The minimum absolute atomic E-state index is 0.161. The molecule has 0 atom stereocenters. The van der Waals surface area contributed by atoms with Crippen LogP contribution < -0.4 is 10.1 Å². The second-order valence-electron chi connectivity index (χ2n) is 3.72. The molecule has 0 aromatic heterocycles. The number of urea groups is 1. The average molecular weight is 264 g/mol. The summed E-state index contributed by atoms with van der Waals surface area (Å²) in [6.45, 7) is 3.27. The first-order chi connectivity index (χ1) is 9.06. The van der Waals surface area contributed by atoms with Gasteiger partial charge in [-0.2, -0.15) is 0 Å². The fraction of sp³-hybridized carbons (Fsp3) is 0.231. The molecule has 1 rings (SSSR count). The Labute approximate surface area is 111 Å². The van der Waals surface area contributed by atoms with Crippen molar-refractivity contribution in [2.45, 2.75) is 0 Å². The normalized spacial score (nSPS) is 9.53. The predicted molar refractivity (Wildman–Crippen MR) is 71.4 cm³/mol. The summed E-state index contributed by atoms with van der Waals surface area (Å²) in [5.74, 6) is -0.404. The molecule has 0 fully saturated rings. The first kappa shape index (κ1) is 14.6. The van der Waals surface area contributed by atoms with Gasteiger partial charge in [-0.1, -0.05) is 6.08 Å². The molecular formula is C13H16N2O4. The molecular weight excluding hydrogens is 248 g/mol. The van der Waals surface area contributed by atoms with E-state index in [9.17, 15) is 9.59 Å². The predicted octanol–water partition coefficient (Wildman–Crippen LogP) is 1.80. The third-order valence-electron chi connectivity index (χ3n) is 2.30. The van der Waals surface area contributed by atoms with Crippen LogP contribution in [0.4, 0.5) is 10.5 Å². The van der Waals surface area contributed by atoms with Gasteiger partial charge in [0.05, 0.1) is 7.11 Å². The zero-order valence-electron chi connectivity index (χ0n) is 10.6. The molecule has 2 N–H and O–H groups in total. The van der Waals surface area contributed by atoms with Crippen molar-refractivity contribution >= 4 is 17.7 Å². The van der Waals surface area contributed by atoms with Crippen LogP contribution in [0.3, 0.4) is 0 Å². The van der Waals surface area contributed by atoms with Gasteiger partial charge in [0.1, 0.15) is 12.3 Å². The number of hydrogen-bond acceptors (Lipinski definition) is 3. The van der Waals surface area contributed by atoms with Crippen molar-refractivity contribution in [1.29, 1.82) is 0 Å². The lowest BCUT2D eigenvalue weighted by atomic mass is 10.3. The Morgan fingerprint density at radius 2 is 2.05 bits per heavy atom. The van der Waals surface area contributed by atoms with Gasteiger partial charge >= 0.3 is 12.0 Å². The first-order valence-electron chi connectivity index (χ1n) is 5.59. The third-order valence-corrected chi connectivity index (χ3v) is 2.30. The summed E-state index contributed by atoms with van der Waals surface area (Å²) in [6, 6.07) is 6.25. The van der Waals surface area contributed by atoms with Crippen LogP contribution in [0.15, 0.2) is 36.9 Å². The van der Waals surface area contributed by atoms with Crippen molar-refractivity contribution in [2.75, 3.05) is 25.5 Å². The highest BCUT2D eigenvalue weighted by Crippen LogP contribution is 2.15. The highest BCUT2D eigenvalue weighted by molar-refractivity contribution is 5.91. The number of amides is 2. The summed E-state index contributed by atoms with van der Waals surface area (Å²) in [6.07, 6.45) is 1.47. The van der Waals surface area contributed by atoms with E-state index in [2.05, 4.69) is 11.9 Å². The number of ether oxygens (including phenoxy) is 1. The molecule has 6 heteroatoms. The van der Waals surface area contributed by atoms with E-state index in [0.29, 0.717) is 11.4 Å². The van der Waals surface area contributed by atoms with Gasteiger partial charge in [-0.05, 0) is 24.3 Å². The molecule has 19 heavy (non-hydrogen) atoms. The van der Waals surface area contributed by atoms with E-state index in [0.717, 1.165) is 4.90 Å². The van der Waals surface area contributed by atoms with E-state index in [1.165, 1.54) is 6.08 Å². The van der Waals surface area contributed by atoms with Crippen LogP contribution in [0.1, 0.15) is 0 Å². The monoisotopic (exact) mass is 264 g/mol. The van der Waals surface area contributed by atoms with Crippen molar-refractivity contribution in [1.82, 2.24) is 4.90 Å². The molecule has 0 aliphatic rings. The lowest BCUT2D eigenvalue weighted by Gasteiger charge is -2.19. The van der Waals surface area contributed by atoms with Gasteiger partial charge < -0.3 is 20.1 Å². The number of methoxy groups -OCH3 is 1. The van der Waals surface area contributed by atoms with Crippen molar-refractivity contribution in [3.8, 4) is 5.75 Å². The number of nitrogens with one attached hydrogen (secondary N) is 1. The Morgan fingerprint density at radius 1 is 1.42 bits per heavy atom. The Bertz CT molecular complexity index is 456. The zero-order valence-corrected chi connectivity index (χ0v) is 10.6. The maximum Gasteiger partial charge on any atom is 0.323 e. The number of carboxylic acids is 1. The third kappa shape index (κ3) is 4.71. The lowest BCUT2D eigenvalue weighted by molar-refractivity contribution is -0.137. The fourth-order valence-electron chi connectivity index (χ4n) is 1.42. The second-order valence-corrected chi connectivity index (χ2v) is 3.72. The molecule has 1 aromatic rings. The second kappa shape index (κ2) is 7.05. The Balaban J connectivity index is 2.68. The standard InChI is InChI=1S/C13H16N2O4/c1-3-8-15(9-12(16)17)13(18)14-10-4-6-11(19-2)7-5-10/h3-7H,1,8-9H2,2H3,(H,14,18)(H,16,17). The number of nitrogens with zero attached hydrogens (tertiary/aromatic N) is 1. The number of aliphatic carboxylic acids is 1. The molecule has 0 unspecified atom stereocenters. The van der Waals surface area contributed by atoms with E-state index in [1.54, 1.807) is 31.4 Å². The SMILES string of the molecule is C=CCN(CC(=O)O)C(=O)Nc1ccc(OC)cc1. The molecule has 0 spiro atoms. The fourth-order valence-corrected chi connectivity index (χ4v) is 1.42. The molecule has 2 amide bonds. The summed E-state index contributed by atoms with van der Waals surface area (Å²) in [5.41, 5.74) is 0.560.